The summed E-state index contributed by atoms with van der Waals surface area (Å²) in [7, 11) is 1.82. The maximum atomic E-state index is 12.1. The van der Waals surface area contributed by atoms with Crippen LogP contribution in [-0.4, -0.2) is 25.4 Å². The highest BCUT2D eigenvalue weighted by molar-refractivity contribution is 5.92. The van der Waals surface area contributed by atoms with Gasteiger partial charge in [-0.25, -0.2) is 14.8 Å². The summed E-state index contributed by atoms with van der Waals surface area (Å²) in [6.07, 6.45) is 3.06. The van der Waals surface area contributed by atoms with Gasteiger partial charge in [-0.15, -0.1) is 0 Å². The number of benzene rings is 1. The summed E-state index contributed by atoms with van der Waals surface area (Å²) in [4.78, 5) is 30.8. The van der Waals surface area contributed by atoms with Crippen LogP contribution in [0.5, 0.6) is 0 Å². The van der Waals surface area contributed by atoms with E-state index in [1.165, 1.54) is 12.3 Å². The molecule has 0 aliphatic rings. The van der Waals surface area contributed by atoms with Gasteiger partial charge >= 0.3 is 5.97 Å². The summed E-state index contributed by atoms with van der Waals surface area (Å²) >= 11 is 0. The Hall–Kier alpha value is -3.29. The van der Waals surface area contributed by atoms with E-state index in [0.29, 0.717) is 27.9 Å². The van der Waals surface area contributed by atoms with Crippen LogP contribution in [0.3, 0.4) is 0 Å². The molecular weight excluding hydrogens is 312 g/mol. The van der Waals surface area contributed by atoms with Gasteiger partial charge in [0.2, 0.25) is 0 Å². The molecule has 3 aromatic rings. The molecule has 0 unspecified atom stereocenters. The predicted molar refractivity (Wildman–Crippen MR) is 85.5 cm³/mol. The monoisotopic (exact) mass is 326 g/mol. The van der Waals surface area contributed by atoms with Gasteiger partial charge in [-0.3, -0.25) is 10.1 Å². The lowest BCUT2D eigenvalue weighted by Gasteiger charge is -2.06. The second-order valence-electron chi connectivity index (χ2n) is 5.38. The number of hydrogen-bond donors (Lipinski definition) is 0. The Morgan fingerprint density at radius 2 is 2.12 bits per heavy atom. The fraction of sp³-hybridized carbons (Fsp3) is 0.188. The van der Waals surface area contributed by atoms with E-state index in [2.05, 4.69) is 9.97 Å². The lowest BCUT2D eigenvalue weighted by atomic mass is 10.1. The number of esters is 1. The Morgan fingerprint density at radius 1 is 1.33 bits per heavy atom. The molecule has 8 nitrogen and oxygen atoms in total. The van der Waals surface area contributed by atoms with Gasteiger partial charge in [0.15, 0.2) is 5.65 Å². The highest BCUT2D eigenvalue weighted by Gasteiger charge is 2.13. The second kappa shape index (κ2) is 6.07. The van der Waals surface area contributed by atoms with E-state index in [1.807, 2.05) is 7.05 Å². The van der Waals surface area contributed by atoms with E-state index in [0.717, 1.165) is 0 Å². The number of pyridine rings is 1. The topological polar surface area (TPSA) is 100 Å². The van der Waals surface area contributed by atoms with Crippen LogP contribution in [0.1, 0.15) is 21.5 Å². The van der Waals surface area contributed by atoms with E-state index in [-0.39, 0.29) is 12.3 Å². The summed E-state index contributed by atoms with van der Waals surface area (Å²) in [5, 5.41) is 10.8. The van der Waals surface area contributed by atoms with Crippen molar-refractivity contribution in [1.29, 1.82) is 0 Å². The van der Waals surface area contributed by atoms with E-state index in [4.69, 9.17) is 4.74 Å². The summed E-state index contributed by atoms with van der Waals surface area (Å²) in [6, 6.07) is 6.22. The highest BCUT2D eigenvalue weighted by atomic mass is 16.6. The van der Waals surface area contributed by atoms with Crippen molar-refractivity contribution in [2.24, 2.45) is 7.05 Å². The van der Waals surface area contributed by atoms with Crippen LogP contribution in [-0.2, 0) is 18.4 Å². The first-order valence-corrected chi connectivity index (χ1v) is 7.14. The smallest absolute Gasteiger partial charge is 0.340 e. The molecule has 0 radical (unpaired) electrons. The first-order valence-electron chi connectivity index (χ1n) is 7.14. The molecule has 0 atom stereocenters. The third-order valence-corrected chi connectivity index (χ3v) is 3.61. The third-order valence-electron chi connectivity index (χ3n) is 3.61. The van der Waals surface area contributed by atoms with Gasteiger partial charge in [0.05, 0.1) is 16.8 Å². The molecule has 0 spiro atoms. The number of carbonyl (C=O) groups is 1. The number of aryl methyl sites for hydroxylation is 2. The summed E-state index contributed by atoms with van der Waals surface area (Å²) in [5.41, 5.74) is 2.83. The summed E-state index contributed by atoms with van der Waals surface area (Å²) in [5.74, 6) is -0.522. The molecule has 0 fully saturated rings. The number of rotatable bonds is 4. The van der Waals surface area contributed by atoms with E-state index < -0.39 is 10.9 Å². The molecule has 0 bridgehead atoms. The number of aromatic nitrogens is 3. The van der Waals surface area contributed by atoms with Crippen molar-refractivity contribution in [3.05, 3.63) is 63.6 Å². The Kier molecular flexibility index (Phi) is 3.95. The fourth-order valence-corrected chi connectivity index (χ4v) is 2.37. The molecule has 1 aromatic carbocycles. The van der Waals surface area contributed by atoms with E-state index in [9.17, 15) is 14.9 Å². The minimum atomic E-state index is -0.522. The Morgan fingerprint density at radius 3 is 2.83 bits per heavy atom. The van der Waals surface area contributed by atoms with E-state index >= 15 is 0 Å². The minimum Gasteiger partial charge on any atom is -0.457 e. The van der Waals surface area contributed by atoms with Gasteiger partial charge in [0.25, 0.3) is 5.69 Å². The Balaban J connectivity index is 1.72. The highest BCUT2D eigenvalue weighted by Crippen LogP contribution is 2.19. The van der Waals surface area contributed by atoms with Crippen molar-refractivity contribution in [3.8, 4) is 0 Å². The Labute approximate surface area is 136 Å². The van der Waals surface area contributed by atoms with Crippen LogP contribution in [0, 0.1) is 17.0 Å². The molecule has 24 heavy (non-hydrogen) atoms. The molecule has 122 valence electrons. The summed E-state index contributed by atoms with van der Waals surface area (Å²) in [6.45, 7) is 1.67. The van der Waals surface area contributed by atoms with Crippen molar-refractivity contribution < 1.29 is 14.5 Å². The van der Waals surface area contributed by atoms with Crippen molar-refractivity contribution in [2.45, 2.75) is 13.5 Å². The SMILES string of the molecule is Cc1cc(COC(=O)c2cnc3c(c2)ncn3C)ccc1[N+](=O)[O-]. The molecule has 2 heterocycles. The van der Waals surface area contributed by atoms with Crippen LogP contribution in [0.15, 0.2) is 36.8 Å². The molecular formula is C16H14N4O4. The van der Waals surface area contributed by atoms with E-state index in [1.54, 1.807) is 36.0 Å². The van der Waals surface area contributed by atoms with Crippen LogP contribution in [0.4, 0.5) is 5.69 Å². The maximum absolute atomic E-state index is 12.1. The van der Waals surface area contributed by atoms with Crippen molar-refractivity contribution in [2.75, 3.05) is 0 Å². The normalized spacial score (nSPS) is 10.8. The number of ether oxygens (including phenoxy) is 1. The average molecular weight is 326 g/mol. The van der Waals surface area contributed by atoms with Crippen LogP contribution >= 0.6 is 0 Å². The molecule has 0 saturated heterocycles. The lowest BCUT2D eigenvalue weighted by Crippen LogP contribution is -2.06. The minimum absolute atomic E-state index is 0.0257. The van der Waals surface area contributed by atoms with Gasteiger partial charge in [0, 0.05) is 24.9 Å². The predicted octanol–water partition coefficient (Wildman–Crippen LogP) is 2.54. The molecule has 0 amide bonds. The first kappa shape index (κ1) is 15.6. The first-order chi connectivity index (χ1) is 11.5. The second-order valence-corrected chi connectivity index (χ2v) is 5.38. The molecule has 0 aliphatic carbocycles. The molecule has 8 heteroatoms. The average Bonchev–Trinajstić information content (AvgIpc) is 2.93. The zero-order chi connectivity index (χ0) is 17.3. The van der Waals surface area contributed by atoms with Gasteiger partial charge in [0.1, 0.15) is 12.1 Å². The zero-order valence-corrected chi connectivity index (χ0v) is 13.1. The largest absolute Gasteiger partial charge is 0.457 e. The number of nitro benzene ring substituents is 1. The van der Waals surface area contributed by atoms with Crippen LogP contribution in [0.2, 0.25) is 0 Å². The zero-order valence-electron chi connectivity index (χ0n) is 13.1. The van der Waals surface area contributed by atoms with Crippen molar-refractivity contribution >= 4 is 22.8 Å². The van der Waals surface area contributed by atoms with Crippen molar-refractivity contribution in [3.63, 3.8) is 0 Å². The van der Waals surface area contributed by atoms with Crippen LogP contribution in [0.25, 0.3) is 11.2 Å². The molecule has 0 N–H and O–H groups in total. The molecule has 0 aliphatic heterocycles. The molecule has 3 rings (SSSR count). The third kappa shape index (κ3) is 2.94. The Bertz CT molecular complexity index is 948. The van der Waals surface area contributed by atoms with Gasteiger partial charge < -0.3 is 9.30 Å². The number of hydrogen-bond acceptors (Lipinski definition) is 6. The van der Waals surface area contributed by atoms with Gasteiger partial charge in [-0.05, 0) is 30.7 Å². The van der Waals surface area contributed by atoms with Gasteiger partial charge in [-0.1, -0.05) is 0 Å². The number of nitrogens with zero attached hydrogens (tertiary/aromatic N) is 4. The molecule has 2 aromatic heterocycles. The summed E-state index contributed by atoms with van der Waals surface area (Å²) < 4.78 is 7.00. The van der Waals surface area contributed by atoms with Gasteiger partial charge in [-0.2, -0.15) is 0 Å². The van der Waals surface area contributed by atoms with Crippen molar-refractivity contribution in [1.82, 2.24) is 14.5 Å². The van der Waals surface area contributed by atoms with Crippen LogP contribution < -0.4 is 0 Å². The lowest BCUT2D eigenvalue weighted by molar-refractivity contribution is -0.385. The fourth-order valence-electron chi connectivity index (χ4n) is 2.37. The number of carbonyl (C=O) groups excluding carboxylic acids is 1. The maximum Gasteiger partial charge on any atom is 0.340 e. The molecule has 0 saturated carbocycles. The number of nitro groups is 1. The number of fused-ring (bicyclic) bond motifs is 1. The number of imidazole rings is 1. The standard InChI is InChI=1S/C16H14N4O4/c1-10-5-11(3-4-14(10)20(22)23)8-24-16(21)12-6-13-15(17-7-12)19(2)9-18-13/h3-7,9H,8H2,1-2H3. The quantitative estimate of drug-likeness (QED) is 0.415.